The molecular weight excluding hydrogens is 529 g/mol. The molecule has 41 heavy (non-hydrogen) atoms. The number of hydrogen-bond acceptors (Lipinski definition) is 6. The van der Waals surface area contributed by atoms with Gasteiger partial charge in [-0.3, -0.25) is 4.90 Å². The first-order chi connectivity index (χ1) is 19.5. The predicted molar refractivity (Wildman–Crippen MR) is 153 cm³/mol. The van der Waals surface area contributed by atoms with Crippen LogP contribution in [-0.4, -0.2) is 57.9 Å². The Hall–Kier alpha value is -3.17. The molecule has 0 bridgehead atoms. The van der Waals surface area contributed by atoms with Gasteiger partial charge in [-0.15, -0.1) is 0 Å². The second-order valence-electron chi connectivity index (χ2n) is 11.9. The summed E-state index contributed by atoms with van der Waals surface area (Å²) in [5.74, 6) is -0.794. The van der Waals surface area contributed by atoms with Crippen molar-refractivity contribution in [2.24, 2.45) is 5.92 Å². The van der Waals surface area contributed by atoms with E-state index in [2.05, 4.69) is 33.6 Å². The molecule has 3 heterocycles. The molecule has 0 radical (unpaired) electrons. The molecule has 2 aromatic carbocycles. The van der Waals surface area contributed by atoms with Gasteiger partial charge in [0, 0.05) is 30.1 Å². The highest BCUT2D eigenvalue weighted by molar-refractivity contribution is 5.72. The van der Waals surface area contributed by atoms with E-state index in [4.69, 9.17) is 4.74 Å². The van der Waals surface area contributed by atoms with E-state index in [0.29, 0.717) is 47.9 Å². The molecule has 3 aromatic rings. The third kappa shape index (κ3) is 6.51. The van der Waals surface area contributed by atoms with Crippen molar-refractivity contribution in [2.75, 3.05) is 31.1 Å². The van der Waals surface area contributed by atoms with Gasteiger partial charge in [-0.05, 0) is 82.8 Å². The fraction of sp³-hybridized carbons (Fsp3) is 0.500. The van der Waals surface area contributed by atoms with Gasteiger partial charge in [0.15, 0.2) is 17.4 Å². The summed E-state index contributed by atoms with van der Waals surface area (Å²) in [6, 6.07) is 8.22. The van der Waals surface area contributed by atoms with Crippen molar-refractivity contribution < 1.29 is 23.0 Å². The van der Waals surface area contributed by atoms with E-state index < -0.39 is 17.2 Å². The maximum Gasteiger partial charge on any atom is 0.178 e. The minimum atomic E-state index is -0.697. The highest BCUT2D eigenvalue weighted by atomic mass is 19.1. The molecule has 0 spiro atoms. The van der Waals surface area contributed by atoms with Gasteiger partial charge < -0.3 is 14.7 Å². The minimum Gasteiger partial charge on any atom is -0.486 e. The smallest absolute Gasteiger partial charge is 0.178 e. The fourth-order valence-corrected chi connectivity index (χ4v) is 5.86. The standard InChI is InChI=1S/C32H39F3N4O2/c1-5-20(2)39-12-13-41-31-26(34)16-23(17-28(31)39)30-27(35)18-36-29(37-30)15-21-6-7-22(25(33)14-21)19-38-10-8-24(9-11-38)32(3,4)40/h6-7,14,16-18,20,24,40H,5,8-13,15,19H2,1-4H3. The Morgan fingerprint density at radius 2 is 1.80 bits per heavy atom. The normalized spacial score (nSPS) is 17.3. The molecule has 0 aliphatic carbocycles. The fourth-order valence-electron chi connectivity index (χ4n) is 5.86. The lowest BCUT2D eigenvalue weighted by Crippen LogP contribution is -2.41. The highest BCUT2D eigenvalue weighted by Crippen LogP contribution is 2.39. The molecule has 220 valence electrons. The minimum absolute atomic E-state index is 0.00192. The van der Waals surface area contributed by atoms with E-state index in [-0.39, 0.29) is 35.6 Å². The number of benzene rings is 2. The van der Waals surface area contributed by atoms with Gasteiger partial charge in [0.2, 0.25) is 0 Å². The maximum atomic E-state index is 15.1. The highest BCUT2D eigenvalue weighted by Gasteiger charge is 2.31. The van der Waals surface area contributed by atoms with Crippen LogP contribution in [0, 0.1) is 23.4 Å². The lowest BCUT2D eigenvalue weighted by molar-refractivity contribution is -0.0137. The quantitative estimate of drug-likeness (QED) is 0.353. The number of aliphatic hydroxyl groups is 1. The Labute approximate surface area is 240 Å². The Morgan fingerprint density at radius 3 is 2.49 bits per heavy atom. The van der Waals surface area contributed by atoms with Crippen molar-refractivity contribution in [1.82, 2.24) is 14.9 Å². The Balaban J connectivity index is 1.32. The van der Waals surface area contributed by atoms with E-state index >= 15 is 8.78 Å². The molecule has 2 aliphatic heterocycles. The second-order valence-corrected chi connectivity index (χ2v) is 11.9. The maximum absolute atomic E-state index is 15.1. The van der Waals surface area contributed by atoms with E-state index in [0.717, 1.165) is 38.5 Å². The summed E-state index contributed by atoms with van der Waals surface area (Å²) in [6.07, 6.45) is 3.92. The molecule has 9 heteroatoms. The van der Waals surface area contributed by atoms with Crippen LogP contribution in [0.1, 0.15) is 63.9 Å². The van der Waals surface area contributed by atoms with Crippen molar-refractivity contribution in [3.63, 3.8) is 0 Å². The first kappa shape index (κ1) is 29.3. The summed E-state index contributed by atoms with van der Waals surface area (Å²) in [7, 11) is 0. The number of likely N-dealkylation sites (tertiary alicyclic amines) is 1. The van der Waals surface area contributed by atoms with E-state index in [1.165, 1.54) is 12.1 Å². The van der Waals surface area contributed by atoms with Crippen LogP contribution in [0.25, 0.3) is 11.3 Å². The SMILES string of the molecule is CCC(C)N1CCOc2c(F)cc(-c3nc(Cc4ccc(CN5CCC(C(C)(C)O)CC5)c(F)c4)ncc3F)cc21. The number of rotatable bonds is 8. The number of fused-ring (bicyclic) bond motifs is 1. The number of nitrogens with zero attached hydrogens (tertiary/aromatic N) is 4. The van der Waals surface area contributed by atoms with Crippen molar-refractivity contribution in [2.45, 2.75) is 71.6 Å². The zero-order chi connectivity index (χ0) is 29.3. The Kier molecular flexibility index (Phi) is 8.57. The molecule has 1 aromatic heterocycles. The van der Waals surface area contributed by atoms with Crippen molar-refractivity contribution in [3.05, 3.63) is 70.9 Å². The largest absolute Gasteiger partial charge is 0.486 e. The van der Waals surface area contributed by atoms with E-state index in [1.54, 1.807) is 12.1 Å². The molecule has 0 saturated carbocycles. The molecule has 1 N–H and O–H groups in total. The second kappa shape index (κ2) is 12.0. The number of ether oxygens (including phenoxy) is 1. The van der Waals surface area contributed by atoms with Crippen LogP contribution >= 0.6 is 0 Å². The first-order valence-electron chi connectivity index (χ1n) is 14.5. The average molecular weight is 569 g/mol. The number of anilines is 1. The number of aromatic nitrogens is 2. The zero-order valence-electron chi connectivity index (χ0n) is 24.3. The lowest BCUT2D eigenvalue weighted by Gasteiger charge is -2.37. The zero-order valence-corrected chi connectivity index (χ0v) is 24.3. The molecule has 1 atom stereocenters. The van der Waals surface area contributed by atoms with Crippen LogP contribution < -0.4 is 9.64 Å². The topological polar surface area (TPSA) is 61.7 Å². The van der Waals surface area contributed by atoms with Gasteiger partial charge in [0.25, 0.3) is 0 Å². The van der Waals surface area contributed by atoms with E-state index in [9.17, 15) is 9.50 Å². The van der Waals surface area contributed by atoms with Gasteiger partial charge in [0.1, 0.15) is 23.9 Å². The van der Waals surface area contributed by atoms with Crippen LogP contribution in [0.4, 0.5) is 18.9 Å². The molecule has 1 unspecified atom stereocenters. The predicted octanol–water partition coefficient (Wildman–Crippen LogP) is 6.13. The Morgan fingerprint density at radius 1 is 1.05 bits per heavy atom. The molecule has 6 nitrogen and oxygen atoms in total. The van der Waals surface area contributed by atoms with E-state index in [1.807, 2.05) is 19.9 Å². The van der Waals surface area contributed by atoms with Gasteiger partial charge in [-0.2, -0.15) is 0 Å². The van der Waals surface area contributed by atoms with Gasteiger partial charge in [-0.25, -0.2) is 23.1 Å². The number of hydrogen-bond donors (Lipinski definition) is 1. The monoisotopic (exact) mass is 568 g/mol. The summed E-state index contributed by atoms with van der Waals surface area (Å²) in [5, 5.41) is 10.3. The molecule has 0 amide bonds. The summed E-state index contributed by atoms with van der Waals surface area (Å²) < 4.78 is 50.7. The molecule has 1 fully saturated rings. The number of halogens is 3. The van der Waals surface area contributed by atoms with Crippen molar-refractivity contribution >= 4 is 5.69 Å². The average Bonchev–Trinajstić information content (AvgIpc) is 2.94. The third-order valence-corrected chi connectivity index (χ3v) is 8.56. The number of piperidine rings is 1. The van der Waals surface area contributed by atoms with Crippen LogP contribution in [0.15, 0.2) is 36.5 Å². The van der Waals surface area contributed by atoms with Crippen LogP contribution in [0.3, 0.4) is 0 Å². The third-order valence-electron chi connectivity index (χ3n) is 8.56. The van der Waals surface area contributed by atoms with Crippen LogP contribution in [0.2, 0.25) is 0 Å². The van der Waals surface area contributed by atoms with Crippen molar-refractivity contribution in [1.29, 1.82) is 0 Å². The molecular formula is C32H39F3N4O2. The summed E-state index contributed by atoms with van der Waals surface area (Å²) in [6.45, 7) is 10.9. The molecule has 5 rings (SSSR count). The summed E-state index contributed by atoms with van der Waals surface area (Å²) in [5.41, 5.74) is 1.46. The van der Waals surface area contributed by atoms with Crippen LogP contribution in [-0.2, 0) is 13.0 Å². The van der Waals surface area contributed by atoms with Gasteiger partial charge in [-0.1, -0.05) is 19.1 Å². The summed E-state index contributed by atoms with van der Waals surface area (Å²) in [4.78, 5) is 12.8. The lowest BCUT2D eigenvalue weighted by atomic mass is 9.83. The van der Waals surface area contributed by atoms with Crippen LogP contribution in [0.5, 0.6) is 5.75 Å². The molecule has 2 aliphatic rings. The van der Waals surface area contributed by atoms with Gasteiger partial charge in [0.05, 0.1) is 24.0 Å². The molecule has 1 saturated heterocycles. The van der Waals surface area contributed by atoms with Crippen molar-refractivity contribution in [3.8, 4) is 17.0 Å². The Bertz CT molecular complexity index is 1390. The summed E-state index contributed by atoms with van der Waals surface area (Å²) >= 11 is 0. The van der Waals surface area contributed by atoms with Gasteiger partial charge >= 0.3 is 0 Å². The first-order valence-corrected chi connectivity index (χ1v) is 14.5.